The normalized spacial score (nSPS) is 14.1. The number of aliphatic hydroxyl groups is 1. The van der Waals surface area contributed by atoms with Gasteiger partial charge in [0.05, 0.1) is 12.2 Å². The molecule has 3 aromatic carbocycles. The summed E-state index contributed by atoms with van der Waals surface area (Å²) < 4.78 is 5.74. The second-order valence-corrected chi connectivity index (χ2v) is 6.88. The van der Waals surface area contributed by atoms with E-state index in [1.54, 1.807) is 4.90 Å². The number of amides is 1. The molecule has 0 spiro atoms. The van der Waals surface area contributed by atoms with Crippen molar-refractivity contribution in [2.45, 2.75) is 20.0 Å². The number of carbonyl (C=O) groups excluding carboxylic acids is 1. The predicted molar refractivity (Wildman–Crippen MR) is 103 cm³/mol. The Hall–Kier alpha value is -2.85. The third-order valence-electron chi connectivity index (χ3n) is 4.68. The zero-order chi connectivity index (χ0) is 18.3. The standard InChI is InChI=1S/C22H21NO3/c1-14-9-15(2)11-18(10-14)26-13-17(24)12-23-20-8-4-6-16-5-3-7-19(21(16)20)22(23)25/h3-11,17,24H,12-13H2,1-2H3. The number of aliphatic hydroxyl groups excluding tert-OH is 1. The van der Waals surface area contributed by atoms with E-state index in [0.717, 1.165) is 33.3 Å². The van der Waals surface area contributed by atoms with Gasteiger partial charge in [0.1, 0.15) is 18.5 Å². The van der Waals surface area contributed by atoms with E-state index in [-0.39, 0.29) is 19.1 Å². The molecule has 3 aromatic rings. The van der Waals surface area contributed by atoms with Crippen LogP contribution in [-0.4, -0.2) is 30.3 Å². The number of carbonyl (C=O) groups is 1. The SMILES string of the molecule is Cc1cc(C)cc(OCC(O)CN2C(=O)c3cccc4cccc2c34)c1. The fourth-order valence-electron chi connectivity index (χ4n) is 3.63. The summed E-state index contributed by atoms with van der Waals surface area (Å²) in [6.07, 6.45) is -0.774. The Morgan fingerprint density at radius 2 is 1.73 bits per heavy atom. The van der Waals surface area contributed by atoms with Crippen LogP contribution in [0.15, 0.2) is 54.6 Å². The fraction of sp³-hybridized carbons (Fsp3) is 0.227. The van der Waals surface area contributed by atoms with Gasteiger partial charge in [-0.05, 0) is 54.6 Å². The third kappa shape index (κ3) is 2.93. The summed E-state index contributed by atoms with van der Waals surface area (Å²) in [4.78, 5) is 14.4. The van der Waals surface area contributed by atoms with Gasteiger partial charge in [0.25, 0.3) is 5.91 Å². The molecular formula is C22H21NO3. The van der Waals surface area contributed by atoms with Crippen molar-refractivity contribution in [2.75, 3.05) is 18.1 Å². The van der Waals surface area contributed by atoms with Gasteiger partial charge in [0.15, 0.2) is 0 Å². The molecular weight excluding hydrogens is 326 g/mol. The van der Waals surface area contributed by atoms with Crippen molar-refractivity contribution in [2.24, 2.45) is 0 Å². The first kappa shape index (κ1) is 16.6. The average Bonchev–Trinajstić information content (AvgIpc) is 2.87. The molecule has 0 radical (unpaired) electrons. The van der Waals surface area contributed by atoms with E-state index < -0.39 is 6.10 Å². The van der Waals surface area contributed by atoms with Gasteiger partial charge in [-0.2, -0.15) is 0 Å². The smallest absolute Gasteiger partial charge is 0.259 e. The van der Waals surface area contributed by atoms with Crippen molar-refractivity contribution in [1.82, 2.24) is 0 Å². The summed E-state index contributed by atoms with van der Waals surface area (Å²) in [5, 5.41) is 12.4. The van der Waals surface area contributed by atoms with E-state index in [1.807, 2.05) is 62.4 Å². The molecule has 132 valence electrons. The molecule has 0 aliphatic carbocycles. The number of benzene rings is 3. The lowest BCUT2D eigenvalue weighted by Crippen LogP contribution is -2.37. The summed E-state index contributed by atoms with van der Waals surface area (Å²) >= 11 is 0. The van der Waals surface area contributed by atoms with E-state index >= 15 is 0 Å². The number of hydrogen-bond donors (Lipinski definition) is 1. The second kappa shape index (κ2) is 6.46. The van der Waals surface area contributed by atoms with Crippen LogP contribution in [0.2, 0.25) is 0 Å². The molecule has 0 bridgehead atoms. The molecule has 1 unspecified atom stereocenters. The first-order valence-electron chi connectivity index (χ1n) is 8.76. The van der Waals surface area contributed by atoms with Crippen LogP contribution in [0, 0.1) is 13.8 Å². The van der Waals surface area contributed by atoms with E-state index in [9.17, 15) is 9.90 Å². The Morgan fingerprint density at radius 3 is 2.46 bits per heavy atom. The minimum Gasteiger partial charge on any atom is -0.491 e. The molecule has 0 saturated carbocycles. The van der Waals surface area contributed by atoms with Gasteiger partial charge < -0.3 is 14.7 Å². The highest BCUT2D eigenvalue weighted by Crippen LogP contribution is 2.37. The number of rotatable bonds is 5. The van der Waals surface area contributed by atoms with Crippen molar-refractivity contribution in [3.63, 3.8) is 0 Å². The van der Waals surface area contributed by atoms with E-state index in [2.05, 4.69) is 6.07 Å². The van der Waals surface area contributed by atoms with Crippen LogP contribution in [0.3, 0.4) is 0 Å². The minimum atomic E-state index is -0.774. The highest BCUT2D eigenvalue weighted by Gasteiger charge is 2.30. The zero-order valence-corrected chi connectivity index (χ0v) is 14.9. The zero-order valence-electron chi connectivity index (χ0n) is 14.9. The molecule has 0 aromatic heterocycles. The molecule has 4 nitrogen and oxygen atoms in total. The summed E-state index contributed by atoms with van der Waals surface area (Å²) in [6, 6.07) is 17.5. The monoisotopic (exact) mass is 347 g/mol. The Balaban J connectivity index is 1.49. The van der Waals surface area contributed by atoms with Gasteiger partial charge in [0.2, 0.25) is 0 Å². The van der Waals surface area contributed by atoms with Crippen LogP contribution in [0.4, 0.5) is 5.69 Å². The van der Waals surface area contributed by atoms with Crippen LogP contribution in [0.1, 0.15) is 21.5 Å². The second-order valence-electron chi connectivity index (χ2n) is 6.88. The Bertz CT molecular complexity index is 970. The molecule has 1 heterocycles. The topological polar surface area (TPSA) is 49.8 Å². The lowest BCUT2D eigenvalue weighted by molar-refractivity contribution is 0.0913. The van der Waals surface area contributed by atoms with Crippen LogP contribution in [0.25, 0.3) is 10.8 Å². The largest absolute Gasteiger partial charge is 0.491 e. The Labute approximate surface area is 152 Å². The first-order valence-corrected chi connectivity index (χ1v) is 8.76. The molecule has 0 fully saturated rings. The molecule has 1 N–H and O–H groups in total. The minimum absolute atomic E-state index is 0.0674. The van der Waals surface area contributed by atoms with Gasteiger partial charge >= 0.3 is 0 Å². The highest BCUT2D eigenvalue weighted by atomic mass is 16.5. The van der Waals surface area contributed by atoms with E-state index in [1.165, 1.54) is 0 Å². The van der Waals surface area contributed by atoms with Crippen molar-refractivity contribution >= 4 is 22.4 Å². The van der Waals surface area contributed by atoms with E-state index in [0.29, 0.717) is 5.56 Å². The lowest BCUT2D eigenvalue weighted by Gasteiger charge is -2.21. The van der Waals surface area contributed by atoms with Crippen LogP contribution >= 0.6 is 0 Å². The maximum Gasteiger partial charge on any atom is 0.259 e. The van der Waals surface area contributed by atoms with Crippen LogP contribution in [0.5, 0.6) is 5.75 Å². The molecule has 1 aliphatic heterocycles. The maximum absolute atomic E-state index is 12.8. The summed E-state index contributed by atoms with van der Waals surface area (Å²) in [5.74, 6) is 0.668. The van der Waals surface area contributed by atoms with Gasteiger partial charge in [-0.15, -0.1) is 0 Å². The molecule has 0 saturated heterocycles. The fourth-order valence-corrected chi connectivity index (χ4v) is 3.63. The van der Waals surface area contributed by atoms with Gasteiger partial charge in [-0.1, -0.05) is 30.3 Å². The van der Waals surface area contributed by atoms with Crippen LogP contribution in [-0.2, 0) is 0 Å². The van der Waals surface area contributed by atoms with Gasteiger partial charge in [-0.25, -0.2) is 0 Å². The predicted octanol–water partition coefficient (Wildman–Crippen LogP) is 3.86. The summed E-state index contributed by atoms with van der Waals surface area (Å²) in [5.41, 5.74) is 3.78. The van der Waals surface area contributed by atoms with Crippen molar-refractivity contribution in [3.05, 3.63) is 71.3 Å². The molecule has 1 aliphatic rings. The number of β-amino-alcohol motifs (C(OH)–C–C–N with tert-alkyl or cyclic N) is 1. The quantitative estimate of drug-likeness (QED) is 0.762. The lowest BCUT2D eigenvalue weighted by atomic mass is 10.1. The molecule has 1 atom stereocenters. The average molecular weight is 347 g/mol. The number of aryl methyl sites for hydroxylation is 2. The number of anilines is 1. The van der Waals surface area contributed by atoms with Gasteiger partial charge in [0, 0.05) is 10.9 Å². The third-order valence-corrected chi connectivity index (χ3v) is 4.68. The molecule has 1 amide bonds. The van der Waals surface area contributed by atoms with Crippen LogP contribution < -0.4 is 9.64 Å². The number of ether oxygens (including phenoxy) is 1. The summed E-state index contributed by atoms with van der Waals surface area (Å²) in [6.45, 7) is 4.37. The molecule has 4 rings (SSSR count). The first-order chi connectivity index (χ1) is 12.5. The van der Waals surface area contributed by atoms with Crippen molar-refractivity contribution in [1.29, 1.82) is 0 Å². The Kier molecular flexibility index (Phi) is 4.13. The maximum atomic E-state index is 12.8. The number of nitrogens with zero attached hydrogens (tertiary/aromatic N) is 1. The molecule has 26 heavy (non-hydrogen) atoms. The Morgan fingerprint density at radius 1 is 1.04 bits per heavy atom. The van der Waals surface area contributed by atoms with Crippen molar-refractivity contribution in [3.8, 4) is 5.75 Å². The number of hydrogen-bond acceptors (Lipinski definition) is 3. The highest BCUT2D eigenvalue weighted by molar-refractivity contribution is 6.25. The van der Waals surface area contributed by atoms with Crippen molar-refractivity contribution < 1.29 is 14.6 Å². The summed E-state index contributed by atoms with van der Waals surface area (Å²) in [7, 11) is 0. The molecule has 4 heteroatoms. The van der Waals surface area contributed by atoms with Gasteiger partial charge in [-0.3, -0.25) is 4.79 Å². The van der Waals surface area contributed by atoms with E-state index in [4.69, 9.17) is 4.74 Å².